The minimum Gasteiger partial charge on any atom is -0.349 e. The van der Waals surface area contributed by atoms with Crippen molar-refractivity contribution < 1.29 is 9.18 Å². The number of nitrogens with one attached hydrogen (secondary N) is 3. The second-order valence-electron chi connectivity index (χ2n) is 8.21. The lowest BCUT2D eigenvalue weighted by atomic mass is 10.0. The van der Waals surface area contributed by atoms with Gasteiger partial charge in [-0.2, -0.15) is 10.1 Å². The molecule has 5 rings (SSSR count). The fourth-order valence-corrected chi connectivity index (χ4v) is 3.80. The maximum Gasteiger partial charge on any atom is 0.251 e. The highest BCUT2D eigenvalue weighted by molar-refractivity contribution is 5.94. The van der Waals surface area contributed by atoms with E-state index >= 15 is 0 Å². The monoisotopic (exact) mass is 433 g/mol. The number of fused-ring (bicyclic) bond motifs is 1. The predicted molar refractivity (Wildman–Crippen MR) is 121 cm³/mol. The molecule has 2 heterocycles. The number of aromatic amines is 1. The number of H-pyrrole nitrogens is 1. The fourth-order valence-electron chi connectivity index (χ4n) is 3.80. The van der Waals surface area contributed by atoms with Crippen molar-refractivity contribution in [1.29, 1.82) is 0 Å². The molecule has 0 saturated heterocycles. The number of halogens is 1. The topological polar surface area (TPSA) is 101 Å². The molecule has 2 aromatic carbocycles. The van der Waals surface area contributed by atoms with Gasteiger partial charge in [0.15, 0.2) is 5.82 Å². The maximum atomic E-state index is 12.9. The SMILES string of the molecule is CC(F)CNC(=O)c1ccc(-c2nc(Nc3ccc4[nH]ncc4c3C3CC3)n(C)n2)cc1. The van der Waals surface area contributed by atoms with Crippen LogP contribution in [-0.2, 0) is 7.05 Å². The molecule has 3 N–H and O–H groups in total. The molecule has 1 atom stereocenters. The number of rotatable bonds is 7. The smallest absolute Gasteiger partial charge is 0.251 e. The molecule has 1 saturated carbocycles. The predicted octanol–water partition coefficient (Wildman–Crippen LogP) is 4.07. The molecule has 0 bridgehead atoms. The van der Waals surface area contributed by atoms with Gasteiger partial charge in [-0.25, -0.2) is 9.07 Å². The third-order valence-electron chi connectivity index (χ3n) is 5.61. The van der Waals surface area contributed by atoms with Crippen LogP contribution in [0.2, 0.25) is 0 Å². The van der Waals surface area contributed by atoms with E-state index in [-0.39, 0.29) is 12.5 Å². The zero-order chi connectivity index (χ0) is 22.2. The second kappa shape index (κ2) is 8.07. The molecule has 0 aliphatic heterocycles. The van der Waals surface area contributed by atoms with Gasteiger partial charge >= 0.3 is 0 Å². The first kappa shape index (κ1) is 20.2. The van der Waals surface area contributed by atoms with Gasteiger partial charge in [0.1, 0.15) is 6.17 Å². The third-order valence-corrected chi connectivity index (χ3v) is 5.61. The van der Waals surface area contributed by atoms with Crippen LogP contribution in [0, 0.1) is 0 Å². The van der Waals surface area contributed by atoms with Crippen LogP contribution in [0.5, 0.6) is 0 Å². The number of benzene rings is 2. The zero-order valence-electron chi connectivity index (χ0n) is 17.9. The summed E-state index contributed by atoms with van der Waals surface area (Å²) in [7, 11) is 1.84. The number of aromatic nitrogens is 5. The maximum absolute atomic E-state index is 12.9. The van der Waals surface area contributed by atoms with Crippen molar-refractivity contribution in [2.75, 3.05) is 11.9 Å². The van der Waals surface area contributed by atoms with Crippen molar-refractivity contribution in [2.24, 2.45) is 7.05 Å². The Morgan fingerprint density at radius 3 is 2.75 bits per heavy atom. The Balaban J connectivity index is 1.38. The molecule has 8 nitrogen and oxygen atoms in total. The Morgan fingerprint density at radius 1 is 1.25 bits per heavy atom. The number of aryl methyl sites for hydroxylation is 1. The van der Waals surface area contributed by atoms with Gasteiger partial charge < -0.3 is 10.6 Å². The van der Waals surface area contributed by atoms with E-state index in [1.165, 1.54) is 25.3 Å². The summed E-state index contributed by atoms with van der Waals surface area (Å²) in [4.78, 5) is 16.8. The molecule has 0 spiro atoms. The minimum absolute atomic E-state index is 0.00906. The van der Waals surface area contributed by atoms with E-state index in [0.717, 1.165) is 22.2 Å². The highest BCUT2D eigenvalue weighted by atomic mass is 19.1. The van der Waals surface area contributed by atoms with Crippen LogP contribution in [0.15, 0.2) is 42.6 Å². The van der Waals surface area contributed by atoms with Crippen LogP contribution < -0.4 is 10.6 Å². The summed E-state index contributed by atoms with van der Waals surface area (Å²) in [5.74, 6) is 1.41. The van der Waals surface area contributed by atoms with Crippen LogP contribution in [-0.4, -0.2) is 43.6 Å². The zero-order valence-corrected chi connectivity index (χ0v) is 17.9. The largest absolute Gasteiger partial charge is 0.349 e. The van der Waals surface area contributed by atoms with Crippen molar-refractivity contribution in [1.82, 2.24) is 30.3 Å². The number of amides is 1. The van der Waals surface area contributed by atoms with Crippen molar-refractivity contribution in [3.63, 3.8) is 0 Å². The Morgan fingerprint density at radius 2 is 2.03 bits per heavy atom. The van der Waals surface area contributed by atoms with E-state index in [1.807, 2.05) is 25.4 Å². The molecule has 32 heavy (non-hydrogen) atoms. The van der Waals surface area contributed by atoms with Crippen LogP contribution in [0.1, 0.15) is 41.6 Å². The van der Waals surface area contributed by atoms with Gasteiger partial charge in [0.05, 0.1) is 11.7 Å². The molecule has 1 aliphatic carbocycles. The number of nitrogens with zero attached hydrogens (tertiary/aromatic N) is 4. The molecule has 1 aliphatic rings. The Hall–Kier alpha value is -3.75. The van der Waals surface area contributed by atoms with Gasteiger partial charge in [-0.15, -0.1) is 5.10 Å². The molecular weight excluding hydrogens is 409 g/mol. The molecule has 164 valence electrons. The normalized spacial score (nSPS) is 14.5. The third kappa shape index (κ3) is 3.93. The molecule has 1 unspecified atom stereocenters. The van der Waals surface area contributed by atoms with E-state index < -0.39 is 6.17 Å². The molecule has 1 fully saturated rings. The lowest BCUT2D eigenvalue weighted by Gasteiger charge is -2.11. The van der Waals surface area contributed by atoms with E-state index in [9.17, 15) is 9.18 Å². The molecule has 1 amide bonds. The van der Waals surface area contributed by atoms with E-state index in [4.69, 9.17) is 0 Å². The Kier molecular flexibility index (Phi) is 5.08. The number of hydrogen-bond acceptors (Lipinski definition) is 5. The van der Waals surface area contributed by atoms with Gasteiger partial charge in [-0.3, -0.25) is 9.89 Å². The number of anilines is 2. The van der Waals surface area contributed by atoms with Crippen LogP contribution in [0.4, 0.5) is 16.0 Å². The van der Waals surface area contributed by atoms with Crippen molar-refractivity contribution in [3.8, 4) is 11.4 Å². The lowest BCUT2D eigenvalue weighted by molar-refractivity contribution is 0.0943. The molecule has 2 aromatic heterocycles. The highest BCUT2D eigenvalue weighted by Crippen LogP contribution is 2.47. The first-order valence-corrected chi connectivity index (χ1v) is 10.7. The standard InChI is InChI=1S/C23H24FN7O/c1-13(24)11-25-22(32)16-7-5-15(6-8-16)21-28-23(31(2)30-21)27-19-10-9-18-17(12-26-29-18)20(19)14-3-4-14/h5-10,12-14H,3-4,11H2,1-2H3,(H,25,32)(H,26,29)(H,27,28,30). The van der Waals surface area contributed by atoms with Crippen molar-refractivity contribution in [2.45, 2.75) is 31.9 Å². The number of carbonyl (C=O) groups is 1. The summed E-state index contributed by atoms with van der Waals surface area (Å²) in [6.07, 6.45) is 3.14. The van der Waals surface area contributed by atoms with Gasteiger partial charge in [0.2, 0.25) is 5.95 Å². The van der Waals surface area contributed by atoms with Crippen LogP contribution >= 0.6 is 0 Å². The van der Waals surface area contributed by atoms with Gasteiger partial charge in [0, 0.05) is 35.8 Å². The Labute approximate surface area is 184 Å². The lowest BCUT2D eigenvalue weighted by Crippen LogP contribution is -2.28. The summed E-state index contributed by atoms with van der Waals surface area (Å²) >= 11 is 0. The summed E-state index contributed by atoms with van der Waals surface area (Å²) in [5, 5.41) is 18.9. The van der Waals surface area contributed by atoms with E-state index in [1.54, 1.807) is 28.9 Å². The van der Waals surface area contributed by atoms with E-state index in [0.29, 0.717) is 23.3 Å². The molecular formula is C23H24FN7O. The molecule has 4 aromatic rings. The van der Waals surface area contributed by atoms with Gasteiger partial charge in [-0.05, 0) is 55.5 Å². The molecule has 9 heteroatoms. The summed E-state index contributed by atoms with van der Waals surface area (Å²) in [6, 6.07) is 11.0. The van der Waals surface area contributed by atoms with Crippen molar-refractivity contribution in [3.05, 3.63) is 53.7 Å². The molecule has 0 radical (unpaired) electrons. The number of hydrogen-bond donors (Lipinski definition) is 3. The average molecular weight is 433 g/mol. The van der Waals surface area contributed by atoms with E-state index in [2.05, 4.69) is 30.9 Å². The highest BCUT2D eigenvalue weighted by Gasteiger charge is 2.29. The average Bonchev–Trinajstić information content (AvgIpc) is 3.39. The first-order valence-electron chi connectivity index (χ1n) is 10.7. The Bertz CT molecular complexity index is 1270. The summed E-state index contributed by atoms with van der Waals surface area (Å²) in [6.45, 7) is 1.40. The van der Waals surface area contributed by atoms with Crippen LogP contribution in [0.3, 0.4) is 0 Å². The number of alkyl halides is 1. The fraction of sp³-hybridized carbons (Fsp3) is 0.304. The van der Waals surface area contributed by atoms with Crippen molar-refractivity contribution >= 4 is 28.4 Å². The van der Waals surface area contributed by atoms with Gasteiger partial charge in [-0.1, -0.05) is 12.1 Å². The quantitative estimate of drug-likeness (QED) is 0.408. The summed E-state index contributed by atoms with van der Waals surface area (Å²) < 4.78 is 14.7. The minimum atomic E-state index is -1.09. The van der Waals surface area contributed by atoms with Crippen LogP contribution in [0.25, 0.3) is 22.3 Å². The van der Waals surface area contributed by atoms with Gasteiger partial charge in [0.25, 0.3) is 5.91 Å². The number of carbonyl (C=O) groups excluding carboxylic acids is 1. The first-order chi connectivity index (χ1) is 15.5. The second-order valence-corrected chi connectivity index (χ2v) is 8.21. The summed E-state index contributed by atoms with van der Waals surface area (Å²) in [5.41, 5.74) is 4.56.